The van der Waals surface area contributed by atoms with E-state index in [1.165, 1.54) is 5.56 Å². The fourth-order valence-corrected chi connectivity index (χ4v) is 2.26. The van der Waals surface area contributed by atoms with E-state index in [2.05, 4.69) is 5.32 Å². The van der Waals surface area contributed by atoms with Gasteiger partial charge in [-0.05, 0) is 36.6 Å². The maximum atomic E-state index is 11.4. The van der Waals surface area contributed by atoms with Crippen molar-refractivity contribution in [3.05, 3.63) is 23.3 Å². The Labute approximate surface area is 93.5 Å². The molecular weight excluding hydrogens is 206 g/mol. The highest BCUT2D eigenvalue weighted by molar-refractivity contribution is 5.77. The van der Waals surface area contributed by atoms with E-state index in [1.807, 2.05) is 19.1 Å². The molecule has 84 valence electrons. The first-order chi connectivity index (χ1) is 7.74. The summed E-state index contributed by atoms with van der Waals surface area (Å²) in [4.78, 5) is 11.4. The van der Waals surface area contributed by atoms with Crippen LogP contribution in [0.15, 0.2) is 12.1 Å². The van der Waals surface area contributed by atoms with Crippen LogP contribution in [0.4, 0.5) is 0 Å². The summed E-state index contributed by atoms with van der Waals surface area (Å²) in [5.74, 6) is 1.67. The average molecular weight is 219 g/mol. The maximum Gasteiger partial charge on any atom is 0.231 e. The number of benzene rings is 1. The van der Waals surface area contributed by atoms with Gasteiger partial charge in [0.15, 0.2) is 11.5 Å². The second-order valence-corrected chi connectivity index (χ2v) is 4.19. The monoisotopic (exact) mass is 219 g/mol. The molecule has 4 nitrogen and oxygen atoms in total. The van der Waals surface area contributed by atoms with Crippen LogP contribution in [0.2, 0.25) is 0 Å². The largest absolute Gasteiger partial charge is 0.454 e. The van der Waals surface area contributed by atoms with Crippen LogP contribution in [-0.2, 0) is 11.2 Å². The molecule has 0 unspecified atom stereocenters. The average Bonchev–Trinajstić information content (AvgIpc) is 2.66. The molecule has 2 aliphatic heterocycles. The molecule has 4 heteroatoms. The van der Waals surface area contributed by atoms with Gasteiger partial charge in [-0.15, -0.1) is 0 Å². The topological polar surface area (TPSA) is 47.6 Å². The van der Waals surface area contributed by atoms with Crippen LogP contribution in [0.3, 0.4) is 0 Å². The molecule has 0 bridgehead atoms. The van der Waals surface area contributed by atoms with Crippen LogP contribution >= 0.6 is 0 Å². The summed E-state index contributed by atoms with van der Waals surface area (Å²) in [6, 6.07) is 4.02. The third-order valence-electron chi connectivity index (χ3n) is 3.10. The van der Waals surface area contributed by atoms with Gasteiger partial charge in [0.1, 0.15) is 0 Å². The number of rotatable bonds is 0. The maximum absolute atomic E-state index is 11.4. The molecule has 0 fully saturated rings. The van der Waals surface area contributed by atoms with Gasteiger partial charge >= 0.3 is 0 Å². The van der Waals surface area contributed by atoms with Crippen molar-refractivity contribution >= 4 is 5.91 Å². The van der Waals surface area contributed by atoms with Gasteiger partial charge in [-0.1, -0.05) is 0 Å². The molecule has 0 radical (unpaired) electrons. The SMILES string of the molecule is C[C@H]1NC(=O)CCc2cc3c(cc21)OCO3. The lowest BCUT2D eigenvalue weighted by Crippen LogP contribution is -2.24. The van der Waals surface area contributed by atoms with E-state index >= 15 is 0 Å². The predicted octanol–water partition coefficient (Wildman–Crippen LogP) is 1.54. The summed E-state index contributed by atoms with van der Waals surface area (Å²) in [6.07, 6.45) is 1.30. The van der Waals surface area contributed by atoms with Crippen LogP contribution in [0.25, 0.3) is 0 Å². The Morgan fingerprint density at radius 1 is 1.25 bits per heavy atom. The van der Waals surface area contributed by atoms with Crippen LogP contribution < -0.4 is 14.8 Å². The molecule has 1 atom stereocenters. The Morgan fingerprint density at radius 3 is 2.81 bits per heavy atom. The Kier molecular flexibility index (Phi) is 2.02. The molecule has 1 aromatic carbocycles. The molecular formula is C12H13NO3. The first-order valence-corrected chi connectivity index (χ1v) is 5.46. The summed E-state index contributed by atoms with van der Waals surface area (Å²) < 4.78 is 10.7. The van der Waals surface area contributed by atoms with E-state index in [1.54, 1.807) is 0 Å². The first kappa shape index (κ1) is 9.51. The van der Waals surface area contributed by atoms with Crippen molar-refractivity contribution in [2.24, 2.45) is 0 Å². The molecule has 2 aliphatic rings. The van der Waals surface area contributed by atoms with Gasteiger partial charge in [0, 0.05) is 6.42 Å². The van der Waals surface area contributed by atoms with E-state index in [-0.39, 0.29) is 11.9 Å². The molecule has 0 saturated carbocycles. The lowest BCUT2D eigenvalue weighted by atomic mass is 9.99. The van der Waals surface area contributed by atoms with Crippen LogP contribution in [-0.4, -0.2) is 12.7 Å². The quantitative estimate of drug-likeness (QED) is 0.720. The smallest absolute Gasteiger partial charge is 0.231 e. The fraction of sp³-hybridized carbons (Fsp3) is 0.417. The number of carbonyl (C=O) groups excluding carboxylic acids is 1. The Balaban J connectivity index is 2.08. The zero-order chi connectivity index (χ0) is 11.1. The number of hydrogen-bond acceptors (Lipinski definition) is 3. The zero-order valence-corrected chi connectivity index (χ0v) is 9.08. The Hall–Kier alpha value is -1.71. The zero-order valence-electron chi connectivity index (χ0n) is 9.08. The number of carbonyl (C=O) groups is 1. The summed E-state index contributed by atoms with van der Waals surface area (Å²) in [5, 5.41) is 2.95. The van der Waals surface area contributed by atoms with Gasteiger partial charge in [0.25, 0.3) is 0 Å². The minimum Gasteiger partial charge on any atom is -0.454 e. The van der Waals surface area contributed by atoms with E-state index in [4.69, 9.17) is 9.47 Å². The number of nitrogens with one attached hydrogen (secondary N) is 1. The standard InChI is InChI=1S/C12H13NO3/c1-7-9-5-11-10(15-6-16-11)4-8(9)2-3-12(14)13-7/h4-5,7H,2-3,6H2,1H3,(H,13,14)/t7-/m1/s1. The van der Waals surface area contributed by atoms with Crippen LogP contribution in [0, 0.1) is 0 Å². The van der Waals surface area contributed by atoms with E-state index in [0.29, 0.717) is 13.2 Å². The van der Waals surface area contributed by atoms with E-state index in [0.717, 1.165) is 23.5 Å². The third-order valence-corrected chi connectivity index (χ3v) is 3.10. The molecule has 1 amide bonds. The fourth-order valence-electron chi connectivity index (χ4n) is 2.26. The van der Waals surface area contributed by atoms with Crippen molar-refractivity contribution < 1.29 is 14.3 Å². The summed E-state index contributed by atoms with van der Waals surface area (Å²) >= 11 is 0. The van der Waals surface area contributed by atoms with Gasteiger partial charge in [-0.25, -0.2) is 0 Å². The van der Waals surface area contributed by atoms with Gasteiger partial charge in [-0.2, -0.15) is 0 Å². The summed E-state index contributed by atoms with van der Waals surface area (Å²) in [6.45, 7) is 2.28. The highest BCUT2D eigenvalue weighted by atomic mass is 16.7. The number of amides is 1. The molecule has 2 heterocycles. The van der Waals surface area contributed by atoms with Gasteiger partial charge < -0.3 is 14.8 Å². The number of fused-ring (bicyclic) bond motifs is 2. The number of hydrogen-bond donors (Lipinski definition) is 1. The molecule has 0 aliphatic carbocycles. The van der Waals surface area contributed by atoms with Gasteiger partial charge in [0.05, 0.1) is 6.04 Å². The molecule has 1 aromatic rings. The van der Waals surface area contributed by atoms with Gasteiger partial charge in [-0.3, -0.25) is 4.79 Å². The highest BCUT2D eigenvalue weighted by Crippen LogP contribution is 2.37. The van der Waals surface area contributed by atoms with Gasteiger partial charge in [0.2, 0.25) is 12.7 Å². The molecule has 0 aromatic heterocycles. The van der Waals surface area contributed by atoms with E-state index < -0.39 is 0 Å². The molecule has 0 spiro atoms. The Morgan fingerprint density at radius 2 is 2.00 bits per heavy atom. The second-order valence-electron chi connectivity index (χ2n) is 4.19. The first-order valence-electron chi connectivity index (χ1n) is 5.46. The molecule has 1 N–H and O–H groups in total. The molecule has 0 saturated heterocycles. The normalized spacial score (nSPS) is 22.3. The van der Waals surface area contributed by atoms with Crippen molar-refractivity contribution in [1.29, 1.82) is 0 Å². The van der Waals surface area contributed by atoms with Crippen molar-refractivity contribution in [2.75, 3.05) is 6.79 Å². The Bertz CT molecular complexity index is 456. The van der Waals surface area contributed by atoms with Crippen LogP contribution in [0.1, 0.15) is 30.5 Å². The van der Waals surface area contributed by atoms with Crippen molar-refractivity contribution in [3.8, 4) is 11.5 Å². The minimum atomic E-state index is 0.0412. The molecule has 3 rings (SSSR count). The molecule has 16 heavy (non-hydrogen) atoms. The lowest BCUT2D eigenvalue weighted by molar-refractivity contribution is -0.121. The van der Waals surface area contributed by atoms with Crippen molar-refractivity contribution in [3.63, 3.8) is 0 Å². The summed E-state index contributed by atoms with van der Waals surface area (Å²) in [7, 11) is 0. The highest BCUT2D eigenvalue weighted by Gasteiger charge is 2.23. The predicted molar refractivity (Wildman–Crippen MR) is 57.4 cm³/mol. The van der Waals surface area contributed by atoms with Crippen LogP contribution in [0.5, 0.6) is 11.5 Å². The van der Waals surface area contributed by atoms with Crippen molar-refractivity contribution in [1.82, 2.24) is 5.32 Å². The minimum absolute atomic E-state index is 0.0412. The number of ether oxygens (including phenoxy) is 2. The second kappa shape index (κ2) is 3.40. The third kappa shape index (κ3) is 1.41. The van der Waals surface area contributed by atoms with E-state index in [9.17, 15) is 4.79 Å². The summed E-state index contributed by atoms with van der Waals surface area (Å²) in [5.41, 5.74) is 2.31. The number of aryl methyl sites for hydroxylation is 1. The lowest BCUT2D eigenvalue weighted by Gasteiger charge is -2.14. The van der Waals surface area contributed by atoms with Crippen molar-refractivity contribution in [2.45, 2.75) is 25.8 Å².